The topological polar surface area (TPSA) is 84.4 Å². The van der Waals surface area contributed by atoms with E-state index in [1.165, 1.54) is 5.69 Å². The lowest BCUT2D eigenvalue weighted by Gasteiger charge is -2.29. The number of rotatable bonds is 1. The molecule has 2 rings (SSSR count). The number of nitrogens with one attached hydrogen (secondary N) is 1. The van der Waals surface area contributed by atoms with Gasteiger partial charge in [0.1, 0.15) is 0 Å². The minimum atomic E-state index is -0.833. The SMILES string of the molecule is NC(N)=O.c1ccc(N2CCNCC2)cc1. The minimum Gasteiger partial charge on any atom is -0.369 e. The Morgan fingerprint density at radius 2 is 1.62 bits per heavy atom. The van der Waals surface area contributed by atoms with Crippen molar-refractivity contribution in [2.75, 3.05) is 31.1 Å². The number of para-hydroxylation sites is 1. The van der Waals surface area contributed by atoms with Crippen LogP contribution >= 0.6 is 0 Å². The fraction of sp³-hybridized carbons (Fsp3) is 0.364. The predicted octanol–water partition coefficient (Wildman–Crippen LogP) is 0.120. The first kappa shape index (κ1) is 12.3. The van der Waals surface area contributed by atoms with E-state index >= 15 is 0 Å². The van der Waals surface area contributed by atoms with Gasteiger partial charge in [0.05, 0.1) is 0 Å². The van der Waals surface area contributed by atoms with Gasteiger partial charge in [-0.25, -0.2) is 4.79 Å². The molecule has 0 unspecified atom stereocenters. The molecule has 5 N–H and O–H groups in total. The Morgan fingerprint density at radius 3 is 2.12 bits per heavy atom. The second-order valence-electron chi connectivity index (χ2n) is 3.47. The van der Waals surface area contributed by atoms with Gasteiger partial charge in [0.2, 0.25) is 0 Å². The quantitative estimate of drug-likeness (QED) is 0.631. The lowest BCUT2D eigenvalue weighted by Crippen LogP contribution is -2.43. The maximum atomic E-state index is 9.00. The first-order valence-electron chi connectivity index (χ1n) is 5.26. The standard InChI is InChI=1S/C10H14N2.CH4N2O/c1-2-4-10(5-3-1)12-8-6-11-7-9-12;2-1(3)4/h1-5,11H,6-9H2;(H4,2,3,4). The second kappa shape index (κ2) is 6.68. The van der Waals surface area contributed by atoms with Crippen LogP contribution in [-0.4, -0.2) is 32.2 Å². The average Bonchev–Trinajstić information content (AvgIpc) is 2.31. The zero-order valence-corrected chi connectivity index (χ0v) is 9.23. The summed E-state index contributed by atoms with van der Waals surface area (Å²) in [5.74, 6) is 0. The molecule has 1 saturated heterocycles. The zero-order valence-electron chi connectivity index (χ0n) is 9.23. The van der Waals surface area contributed by atoms with Gasteiger partial charge in [0, 0.05) is 31.9 Å². The van der Waals surface area contributed by atoms with Crippen LogP contribution in [0.5, 0.6) is 0 Å². The summed E-state index contributed by atoms with van der Waals surface area (Å²) in [6.07, 6.45) is 0. The summed E-state index contributed by atoms with van der Waals surface area (Å²) in [4.78, 5) is 11.4. The van der Waals surface area contributed by atoms with Crippen LogP contribution in [0.25, 0.3) is 0 Å². The molecule has 1 aliphatic heterocycles. The van der Waals surface area contributed by atoms with Crippen LogP contribution in [0.15, 0.2) is 30.3 Å². The normalized spacial score (nSPS) is 14.9. The molecule has 0 aliphatic carbocycles. The molecule has 1 aromatic carbocycles. The molecule has 0 bridgehead atoms. The lowest BCUT2D eigenvalue weighted by atomic mass is 10.2. The zero-order chi connectivity index (χ0) is 11.8. The van der Waals surface area contributed by atoms with Crippen LogP contribution in [0.3, 0.4) is 0 Å². The second-order valence-corrected chi connectivity index (χ2v) is 3.47. The monoisotopic (exact) mass is 222 g/mol. The van der Waals surface area contributed by atoms with Gasteiger partial charge >= 0.3 is 6.03 Å². The average molecular weight is 222 g/mol. The van der Waals surface area contributed by atoms with E-state index in [9.17, 15) is 0 Å². The van der Waals surface area contributed by atoms with Crippen molar-refractivity contribution in [3.05, 3.63) is 30.3 Å². The van der Waals surface area contributed by atoms with E-state index < -0.39 is 6.03 Å². The summed E-state index contributed by atoms with van der Waals surface area (Å²) >= 11 is 0. The van der Waals surface area contributed by atoms with Crippen LogP contribution in [0.2, 0.25) is 0 Å². The fourth-order valence-electron chi connectivity index (χ4n) is 1.56. The highest BCUT2D eigenvalue weighted by Gasteiger charge is 2.08. The number of hydrogen-bond donors (Lipinski definition) is 3. The van der Waals surface area contributed by atoms with Gasteiger partial charge in [0.15, 0.2) is 0 Å². The number of benzene rings is 1. The van der Waals surface area contributed by atoms with Gasteiger partial charge < -0.3 is 21.7 Å². The largest absolute Gasteiger partial charge is 0.369 e. The van der Waals surface area contributed by atoms with Crippen molar-refractivity contribution in [2.45, 2.75) is 0 Å². The van der Waals surface area contributed by atoms with Crippen LogP contribution < -0.4 is 21.7 Å². The van der Waals surface area contributed by atoms with Gasteiger partial charge in [-0.3, -0.25) is 0 Å². The Bertz CT molecular complexity index is 305. The minimum absolute atomic E-state index is 0.833. The van der Waals surface area contributed by atoms with E-state index in [0.717, 1.165) is 26.2 Å². The van der Waals surface area contributed by atoms with Crippen molar-refractivity contribution in [2.24, 2.45) is 11.5 Å². The lowest BCUT2D eigenvalue weighted by molar-refractivity contribution is 0.256. The summed E-state index contributed by atoms with van der Waals surface area (Å²) < 4.78 is 0. The molecule has 0 atom stereocenters. The van der Waals surface area contributed by atoms with Gasteiger partial charge in [0.25, 0.3) is 0 Å². The van der Waals surface area contributed by atoms with E-state index in [1.807, 2.05) is 0 Å². The highest BCUT2D eigenvalue weighted by atomic mass is 16.2. The maximum Gasteiger partial charge on any atom is 0.309 e. The number of amides is 2. The summed E-state index contributed by atoms with van der Waals surface area (Å²) in [6, 6.07) is 9.76. The third-order valence-corrected chi connectivity index (χ3v) is 2.24. The van der Waals surface area contributed by atoms with Crippen LogP contribution in [0, 0.1) is 0 Å². The fourth-order valence-corrected chi connectivity index (χ4v) is 1.56. The Labute approximate surface area is 95.4 Å². The summed E-state index contributed by atoms with van der Waals surface area (Å²) in [6.45, 7) is 4.47. The van der Waals surface area contributed by atoms with Crippen LogP contribution in [0.1, 0.15) is 0 Å². The van der Waals surface area contributed by atoms with Crippen molar-refractivity contribution in [3.63, 3.8) is 0 Å². The molecule has 88 valence electrons. The molecule has 0 aromatic heterocycles. The maximum absolute atomic E-state index is 9.00. The van der Waals surface area contributed by atoms with Gasteiger partial charge in [-0.1, -0.05) is 18.2 Å². The molecular formula is C11H18N4O. The van der Waals surface area contributed by atoms with Gasteiger partial charge in [-0.2, -0.15) is 0 Å². The van der Waals surface area contributed by atoms with E-state index in [0.29, 0.717) is 0 Å². The molecule has 1 fully saturated rings. The predicted molar refractivity (Wildman–Crippen MR) is 65.3 cm³/mol. The number of primary amides is 2. The summed E-state index contributed by atoms with van der Waals surface area (Å²) in [5, 5.41) is 3.34. The van der Waals surface area contributed by atoms with E-state index in [2.05, 4.69) is 52.0 Å². The Morgan fingerprint density at radius 1 is 1.12 bits per heavy atom. The number of urea groups is 1. The van der Waals surface area contributed by atoms with Crippen LogP contribution in [-0.2, 0) is 0 Å². The van der Waals surface area contributed by atoms with E-state index in [-0.39, 0.29) is 0 Å². The van der Waals surface area contributed by atoms with E-state index in [1.54, 1.807) is 0 Å². The number of hydrogen-bond acceptors (Lipinski definition) is 3. The number of nitrogens with two attached hydrogens (primary N) is 2. The molecule has 5 nitrogen and oxygen atoms in total. The van der Waals surface area contributed by atoms with Crippen molar-refractivity contribution in [1.82, 2.24) is 5.32 Å². The van der Waals surface area contributed by atoms with Crippen LogP contribution in [0.4, 0.5) is 10.5 Å². The number of nitrogens with zero attached hydrogens (tertiary/aromatic N) is 1. The molecule has 1 aromatic rings. The summed E-state index contributed by atoms with van der Waals surface area (Å²) in [5.41, 5.74) is 9.85. The van der Waals surface area contributed by atoms with Crippen molar-refractivity contribution >= 4 is 11.7 Å². The Hall–Kier alpha value is -1.75. The molecular weight excluding hydrogens is 204 g/mol. The number of carbonyl (C=O) groups excluding carboxylic acids is 1. The molecule has 1 aliphatic rings. The molecule has 16 heavy (non-hydrogen) atoms. The van der Waals surface area contributed by atoms with E-state index in [4.69, 9.17) is 4.79 Å². The first-order chi connectivity index (χ1) is 7.70. The number of carbonyl (C=O) groups is 1. The molecule has 5 heteroatoms. The summed E-state index contributed by atoms with van der Waals surface area (Å²) in [7, 11) is 0. The van der Waals surface area contributed by atoms with Gasteiger partial charge in [-0.05, 0) is 12.1 Å². The molecule has 0 saturated carbocycles. The molecule has 0 radical (unpaired) electrons. The molecule has 2 amide bonds. The van der Waals surface area contributed by atoms with Crippen molar-refractivity contribution in [1.29, 1.82) is 0 Å². The highest BCUT2D eigenvalue weighted by Crippen LogP contribution is 2.12. The van der Waals surface area contributed by atoms with Crippen molar-refractivity contribution < 1.29 is 4.79 Å². The smallest absolute Gasteiger partial charge is 0.309 e. The Balaban J connectivity index is 0.000000280. The van der Waals surface area contributed by atoms with Crippen molar-refractivity contribution in [3.8, 4) is 0 Å². The van der Waals surface area contributed by atoms with Gasteiger partial charge in [-0.15, -0.1) is 0 Å². The Kier molecular flexibility index (Phi) is 5.15. The first-order valence-corrected chi connectivity index (χ1v) is 5.26. The third kappa shape index (κ3) is 4.65. The number of piperazine rings is 1. The number of anilines is 1. The third-order valence-electron chi connectivity index (χ3n) is 2.24. The molecule has 0 spiro atoms. The molecule has 1 heterocycles. The highest BCUT2D eigenvalue weighted by molar-refractivity contribution is 5.69.